The third kappa shape index (κ3) is 3.86. The maximum atomic E-state index is 12.0. The Morgan fingerprint density at radius 3 is 2.60 bits per heavy atom. The molecule has 0 spiro atoms. The minimum Gasteiger partial charge on any atom is -0.493 e. The molecule has 0 bridgehead atoms. The van der Waals surface area contributed by atoms with Gasteiger partial charge in [-0.1, -0.05) is 0 Å². The van der Waals surface area contributed by atoms with Crippen molar-refractivity contribution >= 4 is 27.8 Å². The summed E-state index contributed by atoms with van der Waals surface area (Å²) in [6, 6.07) is 2.08. The van der Waals surface area contributed by atoms with E-state index in [4.69, 9.17) is 14.6 Å². The molecule has 0 saturated carbocycles. The van der Waals surface area contributed by atoms with Crippen molar-refractivity contribution in [3.05, 3.63) is 22.2 Å². The summed E-state index contributed by atoms with van der Waals surface area (Å²) < 4.78 is 11.1. The quantitative estimate of drug-likeness (QED) is 0.824. The summed E-state index contributed by atoms with van der Waals surface area (Å²) in [5.41, 5.74) is 0.283. The van der Waals surface area contributed by atoms with Crippen LogP contribution in [0.1, 0.15) is 24.2 Å². The van der Waals surface area contributed by atoms with Gasteiger partial charge in [0.25, 0.3) is 5.91 Å². The Labute approximate surface area is 125 Å². The first-order chi connectivity index (χ1) is 9.40. The standard InChI is InChI=1S/C13H16BrNO5/c1-4-20-11-9(14)5-8(6-10(11)19-3)12(16)15-7(2)13(17)18/h5-7H,4H2,1-3H3,(H,15,16)(H,17,18). The van der Waals surface area contributed by atoms with Crippen LogP contribution in [-0.4, -0.2) is 36.7 Å². The second-order valence-corrected chi connectivity index (χ2v) is 4.81. The number of halogens is 1. The number of carbonyl (C=O) groups is 2. The maximum Gasteiger partial charge on any atom is 0.325 e. The molecule has 1 aromatic carbocycles. The van der Waals surface area contributed by atoms with Gasteiger partial charge in [-0.3, -0.25) is 9.59 Å². The molecule has 110 valence electrons. The molecule has 0 saturated heterocycles. The van der Waals surface area contributed by atoms with E-state index in [9.17, 15) is 9.59 Å². The van der Waals surface area contributed by atoms with E-state index < -0.39 is 17.9 Å². The minimum atomic E-state index is -1.10. The van der Waals surface area contributed by atoms with Crippen LogP contribution in [0.15, 0.2) is 16.6 Å². The number of aliphatic carboxylic acids is 1. The minimum absolute atomic E-state index is 0.283. The van der Waals surface area contributed by atoms with Crippen molar-refractivity contribution in [3.8, 4) is 11.5 Å². The third-order valence-electron chi connectivity index (χ3n) is 2.50. The van der Waals surface area contributed by atoms with Crippen molar-refractivity contribution in [1.82, 2.24) is 5.32 Å². The lowest BCUT2D eigenvalue weighted by molar-refractivity contribution is -0.138. The average Bonchev–Trinajstić information content (AvgIpc) is 2.40. The van der Waals surface area contributed by atoms with Gasteiger partial charge >= 0.3 is 5.97 Å². The predicted molar refractivity (Wildman–Crippen MR) is 76.4 cm³/mol. The number of methoxy groups -OCH3 is 1. The van der Waals surface area contributed by atoms with Crippen LogP contribution in [0.3, 0.4) is 0 Å². The van der Waals surface area contributed by atoms with E-state index in [1.807, 2.05) is 6.92 Å². The van der Waals surface area contributed by atoms with Gasteiger partial charge in [0.1, 0.15) is 6.04 Å². The van der Waals surface area contributed by atoms with Crippen molar-refractivity contribution in [2.45, 2.75) is 19.9 Å². The first kappa shape index (κ1) is 16.3. The normalized spacial score (nSPS) is 11.6. The topological polar surface area (TPSA) is 84.9 Å². The lowest BCUT2D eigenvalue weighted by atomic mass is 10.1. The van der Waals surface area contributed by atoms with Crippen LogP contribution >= 0.6 is 15.9 Å². The Kier molecular flexibility index (Phi) is 5.82. The number of carbonyl (C=O) groups excluding carboxylic acids is 1. The molecule has 0 aliphatic rings. The fraction of sp³-hybridized carbons (Fsp3) is 0.385. The summed E-state index contributed by atoms with van der Waals surface area (Å²) in [5, 5.41) is 11.1. The second-order valence-electron chi connectivity index (χ2n) is 3.96. The molecule has 1 rings (SSSR count). The zero-order valence-corrected chi connectivity index (χ0v) is 13.0. The first-order valence-corrected chi connectivity index (χ1v) is 6.74. The van der Waals surface area contributed by atoms with E-state index in [0.29, 0.717) is 22.6 Å². The number of benzene rings is 1. The molecule has 7 heteroatoms. The maximum absolute atomic E-state index is 12.0. The number of carboxylic acids is 1. The van der Waals surface area contributed by atoms with Crippen molar-refractivity contribution in [2.75, 3.05) is 13.7 Å². The fourth-order valence-corrected chi connectivity index (χ4v) is 2.03. The van der Waals surface area contributed by atoms with Gasteiger partial charge in [-0.05, 0) is 41.9 Å². The molecule has 1 aromatic rings. The van der Waals surface area contributed by atoms with Crippen LogP contribution in [0.5, 0.6) is 11.5 Å². The summed E-state index contributed by atoms with van der Waals surface area (Å²) in [7, 11) is 1.46. The van der Waals surface area contributed by atoms with E-state index >= 15 is 0 Å². The Morgan fingerprint density at radius 2 is 2.10 bits per heavy atom. The van der Waals surface area contributed by atoms with E-state index in [0.717, 1.165) is 0 Å². The average molecular weight is 346 g/mol. The fourth-order valence-electron chi connectivity index (χ4n) is 1.48. The van der Waals surface area contributed by atoms with Gasteiger partial charge in [0.2, 0.25) is 0 Å². The van der Waals surface area contributed by atoms with Crippen molar-refractivity contribution < 1.29 is 24.2 Å². The molecule has 0 aromatic heterocycles. The summed E-state index contributed by atoms with van der Waals surface area (Å²) in [4.78, 5) is 22.7. The highest BCUT2D eigenvalue weighted by Gasteiger charge is 2.19. The van der Waals surface area contributed by atoms with Gasteiger partial charge < -0.3 is 19.9 Å². The molecule has 1 atom stereocenters. The molecule has 0 radical (unpaired) electrons. The van der Waals surface area contributed by atoms with Crippen molar-refractivity contribution in [1.29, 1.82) is 0 Å². The highest BCUT2D eigenvalue weighted by atomic mass is 79.9. The molecule has 0 heterocycles. The molecule has 20 heavy (non-hydrogen) atoms. The molecule has 1 unspecified atom stereocenters. The van der Waals surface area contributed by atoms with Crippen LogP contribution < -0.4 is 14.8 Å². The predicted octanol–water partition coefficient (Wildman–Crippen LogP) is 2.06. The van der Waals surface area contributed by atoms with E-state index in [-0.39, 0.29) is 5.56 Å². The van der Waals surface area contributed by atoms with Crippen LogP contribution in [-0.2, 0) is 4.79 Å². The molecular formula is C13H16BrNO5. The molecule has 0 fully saturated rings. The Morgan fingerprint density at radius 1 is 1.45 bits per heavy atom. The van der Waals surface area contributed by atoms with Crippen molar-refractivity contribution in [2.24, 2.45) is 0 Å². The number of hydrogen-bond donors (Lipinski definition) is 2. The smallest absolute Gasteiger partial charge is 0.325 e. The van der Waals surface area contributed by atoms with Gasteiger partial charge in [0, 0.05) is 5.56 Å². The summed E-state index contributed by atoms with van der Waals surface area (Å²) in [5.74, 6) is -0.704. The monoisotopic (exact) mass is 345 g/mol. The number of ether oxygens (including phenoxy) is 2. The lowest BCUT2D eigenvalue weighted by Gasteiger charge is -2.14. The second kappa shape index (κ2) is 7.14. The number of nitrogens with one attached hydrogen (secondary N) is 1. The summed E-state index contributed by atoms with van der Waals surface area (Å²) >= 11 is 3.30. The zero-order valence-electron chi connectivity index (χ0n) is 11.4. The van der Waals surface area contributed by atoms with Crippen LogP contribution in [0.4, 0.5) is 0 Å². The van der Waals surface area contributed by atoms with Crippen LogP contribution in [0.2, 0.25) is 0 Å². The summed E-state index contributed by atoms with van der Waals surface area (Å²) in [6.45, 7) is 3.68. The number of amides is 1. The molecular weight excluding hydrogens is 330 g/mol. The Bertz CT molecular complexity index is 518. The molecule has 0 aliphatic carbocycles. The van der Waals surface area contributed by atoms with E-state index in [1.165, 1.54) is 20.1 Å². The van der Waals surface area contributed by atoms with Crippen LogP contribution in [0, 0.1) is 0 Å². The highest BCUT2D eigenvalue weighted by molar-refractivity contribution is 9.10. The third-order valence-corrected chi connectivity index (χ3v) is 3.09. The number of rotatable bonds is 6. The van der Waals surface area contributed by atoms with Crippen molar-refractivity contribution in [3.63, 3.8) is 0 Å². The molecule has 0 aliphatic heterocycles. The Balaban J connectivity index is 3.05. The van der Waals surface area contributed by atoms with Gasteiger partial charge in [-0.25, -0.2) is 0 Å². The SMILES string of the molecule is CCOc1c(Br)cc(C(=O)NC(C)C(=O)O)cc1OC. The van der Waals surface area contributed by atoms with E-state index in [2.05, 4.69) is 21.2 Å². The highest BCUT2D eigenvalue weighted by Crippen LogP contribution is 2.36. The Hall–Kier alpha value is -1.76. The largest absolute Gasteiger partial charge is 0.493 e. The summed E-state index contributed by atoms with van der Waals surface area (Å²) in [6.07, 6.45) is 0. The molecule has 6 nitrogen and oxygen atoms in total. The van der Waals surface area contributed by atoms with Crippen LogP contribution in [0.25, 0.3) is 0 Å². The lowest BCUT2D eigenvalue weighted by Crippen LogP contribution is -2.38. The van der Waals surface area contributed by atoms with Gasteiger partial charge in [-0.2, -0.15) is 0 Å². The van der Waals surface area contributed by atoms with E-state index in [1.54, 1.807) is 6.07 Å². The van der Waals surface area contributed by atoms with Gasteiger partial charge in [0.05, 0.1) is 18.2 Å². The zero-order chi connectivity index (χ0) is 15.3. The van der Waals surface area contributed by atoms with Gasteiger partial charge in [-0.15, -0.1) is 0 Å². The first-order valence-electron chi connectivity index (χ1n) is 5.94. The molecule has 1 amide bonds. The number of carboxylic acid groups (broad SMARTS) is 1. The molecule has 2 N–H and O–H groups in total. The van der Waals surface area contributed by atoms with Gasteiger partial charge in [0.15, 0.2) is 11.5 Å². The number of hydrogen-bond acceptors (Lipinski definition) is 4.